The molecule has 39 heavy (non-hydrogen) atoms. The molecule has 4 aromatic rings. The van der Waals surface area contributed by atoms with Gasteiger partial charge in [0.1, 0.15) is 11.8 Å². The van der Waals surface area contributed by atoms with Crippen LogP contribution >= 0.6 is 11.8 Å². The first kappa shape index (κ1) is 28.1. The molecule has 0 bridgehead atoms. The van der Waals surface area contributed by atoms with E-state index in [1.165, 1.54) is 6.42 Å². The number of pyridine rings is 1. The molecule has 0 amide bonds. The smallest absolute Gasteiger partial charge is 0.293 e. The Hall–Kier alpha value is -3.96. The number of nitrogens with zero attached hydrogens (tertiary/aromatic N) is 3. The van der Waals surface area contributed by atoms with Crippen molar-refractivity contribution in [3.05, 3.63) is 72.4 Å². The lowest BCUT2D eigenvalue weighted by atomic mass is 9.92. The molecule has 1 saturated carbocycles. The van der Waals surface area contributed by atoms with E-state index in [-0.39, 0.29) is 6.10 Å². The highest BCUT2D eigenvalue weighted by Crippen LogP contribution is 2.43. The van der Waals surface area contributed by atoms with Gasteiger partial charge in [-0.05, 0) is 75.1 Å². The van der Waals surface area contributed by atoms with Gasteiger partial charge in [-0.25, -0.2) is 4.98 Å². The zero-order chi connectivity index (χ0) is 27.6. The fraction of sp³-hybridized carbons (Fsp3) is 0.323. The second-order valence-corrected chi connectivity index (χ2v) is 10.6. The van der Waals surface area contributed by atoms with Gasteiger partial charge >= 0.3 is 0 Å². The Balaban J connectivity index is 0.000000531. The number of hydrogen-bond acceptors (Lipinski definition) is 7. The van der Waals surface area contributed by atoms with Crippen molar-refractivity contribution < 1.29 is 14.3 Å². The topological polar surface area (TPSA) is 89.2 Å². The maximum Gasteiger partial charge on any atom is 0.293 e. The molecule has 5 rings (SSSR count). The summed E-state index contributed by atoms with van der Waals surface area (Å²) >= 11 is 1.69. The summed E-state index contributed by atoms with van der Waals surface area (Å²) in [5, 5.41) is 15.3. The third-order valence-corrected chi connectivity index (χ3v) is 7.45. The molecule has 1 fully saturated rings. The summed E-state index contributed by atoms with van der Waals surface area (Å²) < 4.78 is 12.8. The van der Waals surface area contributed by atoms with E-state index < -0.39 is 0 Å². The molecule has 0 spiro atoms. The Morgan fingerprint density at radius 2 is 1.97 bits per heavy atom. The third kappa shape index (κ3) is 6.92. The van der Waals surface area contributed by atoms with Gasteiger partial charge in [-0.3, -0.25) is 4.79 Å². The molecule has 0 atom stereocenters. The minimum Gasteiger partial charge on any atom is -0.493 e. The van der Waals surface area contributed by atoms with Crippen LogP contribution in [0.3, 0.4) is 0 Å². The first-order valence-corrected chi connectivity index (χ1v) is 14.2. The molecule has 2 heterocycles. The first-order chi connectivity index (χ1) is 19.0. The quantitative estimate of drug-likeness (QED) is 0.130. The van der Waals surface area contributed by atoms with Gasteiger partial charge in [-0.15, -0.1) is 11.8 Å². The Bertz CT molecular complexity index is 1410. The fourth-order valence-corrected chi connectivity index (χ4v) is 5.13. The van der Waals surface area contributed by atoms with Crippen molar-refractivity contribution in [3.8, 4) is 23.1 Å². The number of fused-ring (bicyclic) bond motifs is 1. The maximum absolute atomic E-state index is 10.1. The molecule has 0 radical (unpaired) electrons. The van der Waals surface area contributed by atoms with Crippen LogP contribution in [0.15, 0.2) is 71.9 Å². The largest absolute Gasteiger partial charge is 0.493 e. The van der Waals surface area contributed by atoms with E-state index in [4.69, 9.17) is 4.74 Å². The van der Waals surface area contributed by atoms with Crippen molar-refractivity contribution >= 4 is 34.8 Å². The maximum atomic E-state index is 10.1. The Morgan fingerprint density at radius 3 is 2.54 bits per heavy atom. The van der Waals surface area contributed by atoms with Crippen molar-refractivity contribution in [2.45, 2.75) is 50.3 Å². The molecule has 0 saturated heterocycles. The van der Waals surface area contributed by atoms with E-state index in [0.29, 0.717) is 19.1 Å². The molecular weight excluding hydrogens is 508 g/mol. The number of thioether (sulfide) groups is 1. The van der Waals surface area contributed by atoms with E-state index in [0.717, 1.165) is 62.8 Å². The number of hydrogen-bond donors (Lipinski definition) is 1. The van der Waals surface area contributed by atoms with Crippen molar-refractivity contribution in [3.63, 3.8) is 0 Å². The van der Waals surface area contributed by atoms with Crippen LogP contribution in [0, 0.1) is 11.3 Å². The van der Waals surface area contributed by atoms with Crippen LogP contribution in [0.4, 0.5) is 5.69 Å². The summed E-state index contributed by atoms with van der Waals surface area (Å²) in [6, 6.07) is 23.3. The lowest BCUT2D eigenvalue weighted by Crippen LogP contribution is -2.17. The molecule has 2 aromatic carbocycles. The van der Waals surface area contributed by atoms with Gasteiger partial charge < -0.3 is 19.4 Å². The van der Waals surface area contributed by atoms with E-state index in [9.17, 15) is 10.1 Å². The monoisotopic (exact) mass is 542 g/mol. The molecule has 0 aliphatic heterocycles. The minimum atomic E-state index is 0.0301. The number of aromatic nitrogens is 2. The normalized spacial score (nSPS) is 12.7. The number of benzene rings is 2. The van der Waals surface area contributed by atoms with Gasteiger partial charge in [0.15, 0.2) is 0 Å². The van der Waals surface area contributed by atoms with Crippen LogP contribution < -0.4 is 10.1 Å². The summed E-state index contributed by atoms with van der Waals surface area (Å²) in [6.45, 7) is 4.65. The zero-order valence-electron chi connectivity index (χ0n) is 22.6. The van der Waals surface area contributed by atoms with Gasteiger partial charge in [-0.2, -0.15) is 5.26 Å². The molecule has 2 aromatic heterocycles. The zero-order valence-corrected chi connectivity index (χ0v) is 23.4. The van der Waals surface area contributed by atoms with Crippen LogP contribution in [0.25, 0.3) is 22.2 Å². The molecule has 8 heteroatoms. The summed E-state index contributed by atoms with van der Waals surface area (Å²) in [6.07, 6.45) is 5.35. The van der Waals surface area contributed by atoms with Crippen LogP contribution in [-0.4, -0.2) is 41.5 Å². The average molecular weight is 543 g/mol. The summed E-state index contributed by atoms with van der Waals surface area (Å²) in [4.78, 5) is 13.7. The second kappa shape index (κ2) is 13.7. The van der Waals surface area contributed by atoms with Gasteiger partial charge in [0.2, 0.25) is 0 Å². The highest BCUT2D eigenvalue weighted by Gasteiger charge is 2.28. The third-order valence-electron chi connectivity index (χ3n) is 6.54. The van der Waals surface area contributed by atoms with E-state index in [1.807, 2.05) is 43.6 Å². The van der Waals surface area contributed by atoms with Crippen molar-refractivity contribution in [2.75, 3.05) is 24.7 Å². The molecule has 1 N–H and O–H groups in total. The van der Waals surface area contributed by atoms with E-state index in [1.54, 1.807) is 25.6 Å². The standard InChI is InChI=1S/C27H26N4OS.C4H8O2/c1-29-20-10-8-19(9-11-20)27-24(18-28)23-13-12-22(17-25(23)31(27)21-5-4-6-21)32-15-16-33-26-7-2-3-14-30-26;1-4(2)6-3-5/h2-3,7-14,17,21,29H,4-6,15-16H2,1H3;3-4H,1-2H3. The number of carbonyl (C=O) groups excluding carboxylic acids is 1. The lowest BCUT2D eigenvalue weighted by molar-refractivity contribution is -0.131. The Labute approximate surface area is 234 Å². The van der Waals surface area contributed by atoms with Gasteiger partial charge in [-0.1, -0.05) is 18.2 Å². The fourth-order valence-electron chi connectivity index (χ4n) is 4.45. The molecule has 7 nitrogen and oxygen atoms in total. The average Bonchev–Trinajstić information content (AvgIpc) is 3.24. The van der Waals surface area contributed by atoms with E-state index in [2.05, 4.69) is 56.0 Å². The Kier molecular flexibility index (Phi) is 9.87. The Morgan fingerprint density at radius 1 is 1.18 bits per heavy atom. The molecular formula is C31H34N4O3S. The molecule has 0 unspecified atom stereocenters. The van der Waals surface area contributed by atoms with Gasteiger partial charge in [0.05, 0.1) is 34.5 Å². The number of carbonyl (C=O) groups is 1. The second-order valence-electron chi connectivity index (χ2n) is 9.44. The number of ether oxygens (including phenoxy) is 2. The van der Waals surface area contributed by atoms with Gasteiger partial charge in [0, 0.05) is 42.2 Å². The lowest BCUT2D eigenvalue weighted by Gasteiger charge is -2.30. The SMILES string of the molecule is CC(C)OC=O.CNc1ccc(-c2c(C#N)c3ccc(OCCSc4ccccn4)cc3n2C2CCC2)cc1. The molecule has 1 aliphatic carbocycles. The summed E-state index contributed by atoms with van der Waals surface area (Å²) in [5.74, 6) is 1.66. The van der Waals surface area contributed by atoms with Crippen LogP contribution in [0.2, 0.25) is 0 Å². The number of rotatable bonds is 10. The summed E-state index contributed by atoms with van der Waals surface area (Å²) in [7, 11) is 1.91. The predicted molar refractivity (Wildman–Crippen MR) is 157 cm³/mol. The number of nitriles is 1. The highest BCUT2D eigenvalue weighted by atomic mass is 32.2. The summed E-state index contributed by atoms with van der Waals surface area (Å²) in [5.41, 5.74) is 4.97. The van der Waals surface area contributed by atoms with Crippen LogP contribution in [0.5, 0.6) is 5.75 Å². The van der Waals surface area contributed by atoms with Crippen molar-refractivity contribution in [1.29, 1.82) is 5.26 Å². The van der Waals surface area contributed by atoms with Crippen LogP contribution in [-0.2, 0) is 9.53 Å². The van der Waals surface area contributed by atoms with Crippen LogP contribution in [0.1, 0.15) is 44.7 Å². The van der Waals surface area contributed by atoms with Gasteiger partial charge in [0.25, 0.3) is 6.47 Å². The molecule has 202 valence electrons. The van der Waals surface area contributed by atoms with E-state index >= 15 is 0 Å². The molecule has 1 aliphatic rings. The predicted octanol–water partition coefficient (Wildman–Crippen LogP) is 7.08. The van der Waals surface area contributed by atoms with Crippen molar-refractivity contribution in [1.82, 2.24) is 9.55 Å². The first-order valence-electron chi connectivity index (χ1n) is 13.2. The highest BCUT2D eigenvalue weighted by molar-refractivity contribution is 7.99. The van der Waals surface area contributed by atoms with Crippen molar-refractivity contribution in [2.24, 2.45) is 0 Å². The minimum absolute atomic E-state index is 0.0301. The number of nitrogens with one attached hydrogen (secondary N) is 1. The number of anilines is 1.